The molecule has 0 aromatic heterocycles. The monoisotopic (exact) mass is 378 g/mol. The largest absolute Gasteiger partial charge is 0.492 e. The van der Waals surface area contributed by atoms with Crippen molar-refractivity contribution in [1.82, 2.24) is 15.5 Å². The molecule has 0 fully saturated rings. The van der Waals surface area contributed by atoms with E-state index < -0.39 is 0 Å². The number of guanidine groups is 1. The van der Waals surface area contributed by atoms with Crippen molar-refractivity contribution in [2.45, 2.75) is 39.7 Å². The SMILES string of the molecule is CCCC(CCO)CNC(=NCc1cccc(OCCN(C)C)c1)NCC. The third kappa shape index (κ3) is 10.8. The van der Waals surface area contributed by atoms with Crippen LogP contribution in [0, 0.1) is 5.92 Å². The van der Waals surface area contributed by atoms with E-state index in [2.05, 4.69) is 35.4 Å². The highest BCUT2D eigenvalue weighted by Gasteiger charge is 2.08. The van der Waals surface area contributed by atoms with Crippen molar-refractivity contribution in [2.24, 2.45) is 10.9 Å². The lowest BCUT2D eigenvalue weighted by molar-refractivity contribution is 0.251. The first-order chi connectivity index (χ1) is 13.1. The molecule has 154 valence electrons. The molecule has 1 aromatic carbocycles. The predicted molar refractivity (Wildman–Crippen MR) is 113 cm³/mol. The number of aliphatic hydroxyl groups excluding tert-OH is 1. The molecule has 0 saturated heterocycles. The van der Waals surface area contributed by atoms with Crippen LogP contribution in [0.3, 0.4) is 0 Å². The first-order valence-electron chi connectivity index (χ1n) is 10.1. The molecule has 1 atom stereocenters. The quantitative estimate of drug-likeness (QED) is 0.363. The molecular weight excluding hydrogens is 340 g/mol. The van der Waals surface area contributed by atoms with Crippen molar-refractivity contribution in [2.75, 3.05) is 46.9 Å². The first kappa shape index (κ1) is 23.2. The number of benzene rings is 1. The van der Waals surface area contributed by atoms with E-state index in [1.165, 1.54) is 0 Å². The topological polar surface area (TPSA) is 69.1 Å². The van der Waals surface area contributed by atoms with E-state index in [-0.39, 0.29) is 6.61 Å². The summed E-state index contributed by atoms with van der Waals surface area (Å²) in [6.45, 7) is 8.29. The number of aliphatic imine (C=N–C) groups is 1. The molecule has 0 aliphatic heterocycles. The van der Waals surface area contributed by atoms with Gasteiger partial charge in [0.1, 0.15) is 12.4 Å². The van der Waals surface area contributed by atoms with Crippen LogP contribution in [0.4, 0.5) is 0 Å². The van der Waals surface area contributed by atoms with Crippen molar-refractivity contribution in [3.8, 4) is 5.75 Å². The number of likely N-dealkylation sites (N-methyl/N-ethyl adjacent to an activating group) is 1. The molecule has 1 rings (SSSR count). The molecule has 0 saturated carbocycles. The lowest BCUT2D eigenvalue weighted by Gasteiger charge is -2.18. The molecule has 0 amide bonds. The normalized spacial score (nSPS) is 12.9. The summed E-state index contributed by atoms with van der Waals surface area (Å²) in [6, 6.07) is 8.11. The second-order valence-corrected chi connectivity index (χ2v) is 7.04. The summed E-state index contributed by atoms with van der Waals surface area (Å²) in [5.74, 6) is 2.17. The Hall–Kier alpha value is -1.79. The highest BCUT2D eigenvalue weighted by atomic mass is 16.5. The summed E-state index contributed by atoms with van der Waals surface area (Å²) < 4.78 is 5.80. The van der Waals surface area contributed by atoms with Crippen LogP contribution in [0.2, 0.25) is 0 Å². The van der Waals surface area contributed by atoms with Crippen LogP contribution in [0.1, 0.15) is 38.7 Å². The van der Waals surface area contributed by atoms with E-state index in [0.717, 1.165) is 56.2 Å². The van der Waals surface area contributed by atoms with E-state index in [0.29, 0.717) is 19.1 Å². The zero-order valence-electron chi connectivity index (χ0n) is 17.5. The fourth-order valence-electron chi connectivity index (χ4n) is 2.77. The Morgan fingerprint density at radius 1 is 1.22 bits per heavy atom. The maximum atomic E-state index is 9.21. The zero-order valence-corrected chi connectivity index (χ0v) is 17.5. The Morgan fingerprint density at radius 3 is 2.70 bits per heavy atom. The van der Waals surface area contributed by atoms with Gasteiger partial charge in [0.2, 0.25) is 0 Å². The van der Waals surface area contributed by atoms with Crippen molar-refractivity contribution in [3.63, 3.8) is 0 Å². The second kappa shape index (κ2) is 14.3. The van der Waals surface area contributed by atoms with Gasteiger partial charge in [-0.15, -0.1) is 0 Å². The number of hydrogen-bond acceptors (Lipinski definition) is 4. The first-order valence-corrected chi connectivity index (χ1v) is 10.1. The van der Waals surface area contributed by atoms with Crippen LogP contribution in [0.15, 0.2) is 29.3 Å². The molecule has 1 unspecified atom stereocenters. The Bertz CT molecular complexity index is 529. The summed E-state index contributed by atoms with van der Waals surface area (Å²) in [6.07, 6.45) is 3.06. The van der Waals surface area contributed by atoms with E-state index >= 15 is 0 Å². The van der Waals surface area contributed by atoms with Gasteiger partial charge >= 0.3 is 0 Å². The standard InChI is InChI=1S/C21H38N4O2/c1-5-8-18(11-13-26)16-23-21(22-6-2)24-17-19-9-7-10-20(15-19)27-14-12-25(3)4/h7,9-10,15,18,26H,5-6,8,11-14,16-17H2,1-4H3,(H2,22,23,24). The van der Waals surface area contributed by atoms with Gasteiger partial charge in [-0.05, 0) is 57.5 Å². The minimum atomic E-state index is 0.237. The van der Waals surface area contributed by atoms with E-state index in [1.54, 1.807) is 0 Å². The summed E-state index contributed by atoms with van der Waals surface area (Å²) in [5.41, 5.74) is 1.12. The average molecular weight is 379 g/mol. The maximum absolute atomic E-state index is 9.21. The Balaban J connectivity index is 2.60. The molecule has 0 heterocycles. The van der Waals surface area contributed by atoms with Crippen LogP contribution in [-0.4, -0.2) is 62.9 Å². The third-order valence-corrected chi connectivity index (χ3v) is 4.26. The fraction of sp³-hybridized carbons (Fsp3) is 0.667. The second-order valence-electron chi connectivity index (χ2n) is 7.04. The number of hydrogen-bond donors (Lipinski definition) is 3. The van der Waals surface area contributed by atoms with Crippen molar-refractivity contribution in [1.29, 1.82) is 0 Å². The number of nitrogens with one attached hydrogen (secondary N) is 2. The molecule has 6 nitrogen and oxygen atoms in total. The number of ether oxygens (including phenoxy) is 1. The molecule has 0 aliphatic rings. The van der Waals surface area contributed by atoms with Gasteiger partial charge < -0.3 is 25.4 Å². The Labute approximate surface area is 165 Å². The molecule has 27 heavy (non-hydrogen) atoms. The van der Waals surface area contributed by atoms with Crippen LogP contribution in [0.25, 0.3) is 0 Å². The van der Waals surface area contributed by atoms with E-state index in [1.807, 2.05) is 32.3 Å². The smallest absolute Gasteiger partial charge is 0.191 e. The summed E-state index contributed by atoms with van der Waals surface area (Å²) >= 11 is 0. The molecule has 0 bridgehead atoms. The summed E-state index contributed by atoms with van der Waals surface area (Å²) in [4.78, 5) is 6.80. The van der Waals surface area contributed by atoms with Gasteiger partial charge in [0.25, 0.3) is 0 Å². The summed E-state index contributed by atoms with van der Waals surface area (Å²) in [7, 11) is 4.07. The van der Waals surface area contributed by atoms with Gasteiger partial charge in [-0.3, -0.25) is 0 Å². The molecular formula is C21H38N4O2. The highest BCUT2D eigenvalue weighted by molar-refractivity contribution is 5.79. The number of rotatable bonds is 13. The van der Waals surface area contributed by atoms with Crippen LogP contribution < -0.4 is 15.4 Å². The van der Waals surface area contributed by atoms with Gasteiger partial charge in [0.05, 0.1) is 6.54 Å². The van der Waals surface area contributed by atoms with Crippen LogP contribution in [-0.2, 0) is 6.54 Å². The van der Waals surface area contributed by atoms with E-state index in [4.69, 9.17) is 9.73 Å². The van der Waals surface area contributed by atoms with Gasteiger partial charge in [0.15, 0.2) is 5.96 Å². The fourth-order valence-corrected chi connectivity index (χ4v) is 2.77. The zero-order chi connectivity index (χ0) is 19.9. The molecule has 0 aliphatic carbocycles. The van der Waals surface area contributed by atoms with Crippen molar-refractivity contribution in [3.05, 3.63) is 29.8 Å². The van der Waals surface area contributed by atoms with Crippen LogP contribution in [0.5, 0.6) is 5.75 Å². The van der Waals surface area contributed by atoms with Crippen molar-refractivity contribution < 1.29 is 9.84 Å². The minimum absolute atomic E-state index is 0.237. The number of aliphatic hydroxyl groups is 1. The predicted octanol–water partition coefficient (Wildman–Crippen LogP) is 2.48. The lowest BCUT2D eigenvalue weighted by atomic mass is 10.0. The van der Waals surface area contributed by atoms with Gasteiger partial charge in [-0.2, -0.15) is 0 Å². The highest BCUT2D eigenvalue weighted by Crippen LogP contribution is 2.14. The van der Waals surface area contributed by atoms with E-state index in [9.17, 15) is 5.11 Å². The van der Waals surface area contributed by atoms with Gasteiger partial charge in [0, 0.05) is 26.2 Å². The maximum Gasteiger partial charge on any atom is 0.191 e. The Kier molecular flexibility index (Phi) is 12.3. The molecule has 6 heteroatoms. The Morgan fingerprint density at radius 2 is 2.04 bits per heavy atom. The third-order valence-electron chi connectivity index (χ3n) is 4.26. The van der Waals surface area contributed by atoms with Gasteiger partial charge in [-0.1, -0.05) is 25.5 Å². The summed E-state index contributed by atoms with van der Waals surface area (Å²) in [5, 5.41) is 15.9. The number of nitrogens with zero attached hydrogens (tertiary/aromatic N) is 2. The van der Waals surface area contributed by atoms with Gasteiger partial charge in [-0.25, -0.2) is 4.99 Å². The van der Waals surface area contributed by atoms with Crippen LogP contribution >= 0.6 is 0 Å². The molecule has 0 radical (unpaired) electrons. The minimum Gasteiger partial charge on any atom is -0.492 e. The average Bonchev–Trinajstić information content (AvgIpc) is 2.64. The molecule has 0 spiro atoms. The molecule has 1 aromatic rings. The van der Waals surface area contributed by atoms with Crippen molar-refractivity contribution >= 4 is 5.96 Å². The molecule has 3 N–H and O–H groups in total. The lowest BCUT2D eigenvalue weighted by Crippen LogP contribution is -2.40.